The molecule has 0 unspecified atom stereocenters. The molecule has 0 heterocycles. The molecule has 2 atom stereocenters. The average Bonchev–Trinajstić information content (AvgIpc) is 2.34. The molecule has 1 aliphatic rings. The van der Waals surface area contributed by atoms with Crippen molar-refractivity contribution in [1.29, 1.82) is 0 Å². The predicted octanol–water partition coefficient (Wildman–Crippen LogP) is 0.376. The average molecular weight is 171 g/mol. The molecule has 0 radical (unpaired) electrons. The minimum absolute atomic E-state index is 0.0728. The van der Waals surface area contributed by atoms with E-state index in [0.29, 0.717) is 12.8 Å². The lowest BCUT2D eigenvalue weighted by molar-refractivity contribution is -0.141. The normalized spacial score (nSPS) is 28.4. The highest BCUT2D eigenvalue weighted by Gasteiger charge is 2.29. The van der Waals surface area contributed by atoms with E-state index in [9.17, 15) is 9.59 Å². The van der Waals surface area contributed by atoms with E-state index >= 15 is 0 Å². The molecule has 0 aromatic heterocycles. The fraction of sp³-hybridized carbons (Fsp3) is 0.750. The summed E-state index contributed by atoms with van der Waals surface area (Å²) in [5.41, 5.74) is 0. The molecule has 0 spiro atoms. The van der Waals surface area contributed by atoms with Crippen LogP contribution in [-0.4, -0.2) is 23.0 Å². The molecule has 0 saturated heterocycles. The molecule has 2 N–H and O–H groups in total. The summed E-state index contributed by atoms with van der Waals surface area (Å²) in [6, 6.07) is 0.0728. The SMILES string of the molecule is CC(=O)N[C@H]1CC[C@@H](C(=O)O)C1. The first-order chi connectivity index (χ1) is 5.59. The van der Waals surface area contributed by atoms with E-state index in [0.717, 1.165) is 6.42 Å². The molecule has 1 saturated carbocycles. The molecule has 0 aromatic rings. The Bertz CT molecular complexity index is 202. The summed E-state index contributed by atoms with van der Waals surface area (Å²) >= 11 is 0. The predicted molar refractivity (Wildman–Crippen MR) is 42.6 cm³/mol. The van der Waals surface area contributed by atoms with Gasteiger partial charge in [0.2, 0.25) is 5.91 Å². The van der Waals surface area contributed by atoms with Gasteiger partial charge in [0.1, 0.15) is 0 Å². The van der Waals surface area contributed by atoms with Crippen molar-refractivity contribution < 1.29 is 14.7 Å². The highest BCUT2D eigenvalue weighted by Crippen LogP contribution is 2.25. The third-order valence-electron chi connectivity index (χ3n) is 2.19. The van der Waals surface area contributed by atoms with Gasteiger partial charge in [0.05, 0.1) is 5.92 Å². The van der Waals surface area contributed by atoms with Crippen LogP contribution in [0, 0.1) is 5.92 Å². The summed E-state index contributed by atoms with van der Waals surface area (Å²) in [5.74, 6) is -1.09. The van der Waals surface area contributed by atoms with Crippen molar-refractivity contribution in [1.82, 2.24) is 5.32 Å². The number of aliphatic carboxylic acids is 1. The van der Waals surface area contributed by atoms with Crippen molar-refractivity contribution in [2.45, 2.75) is 32.2 Å². The monoisotopic (exact) mass is 171 g/mol. The first kappa shape index (κ1) is 9.03. The van der Waals surface area contributed by atoms with Gasteiger partial charge in [0.25, 0.3) is 0 Å². The van der Waals surface area contributed by atoms with Crippen LogP contribution in [0.1, 0.15) is 26.2 Å². The number of carbonyl (C=O) groups is 2. The Morgan fingerprint density at radius 3 is 2.50 bits per heavy atom. The Labute approximate surface area is 71.0 Å². The number of hydrogen-bond acceptors (Lipinski definition) is 2. The van der Waals surface area contributed by atoms with E-state index in [1.54, 1.807) is 0 Å². The Kier molecular flexibility index (Phi) is 2.68. The molecule has 12 heavy (non-hydrogen) atoms. The van der Waals surface area contributed by atoms with Crippen molar-refractivity contribution in [2.24, 2.45) is 5.92 Å². The molecular weight excluding hydrogens is 158 g/mol. The van der Waals surface area contributed by atoms with Gasteiger partial charge in [-0.25, -0.2) is 0 Å². The Balaban J connectivity index is 2.35. The molecule has 1 fully saturated rings. The Hall–Kier alpha value is -1.06. The van der Waals surface area contributed by atoms with Gasteiger partial charge in [-0.15, -0.1) is 0 Å². The molecule has 4 nitrogen and oxygen atoms in total. The molecule has 0 bridgehead atoms. The fourth-order valence-electron chi connectivity index (χ4n) is 1.62. The maximum atomic E-state index is 10.6. The topological polar surface area (TPSA) is 66.4 Å². The van der Waals surface area contributed by atoms with Crippen LogP contribution in [0.5, 0.6) is 0 Å². The fourth-order valence-corrected chi connectivity index (χ4v) is 1.62. The van der Waals surface area contributed by atoms with Crippen molar-refractivity contribution >= 4 is 11.9 Å². The van der Waals surface area contributed by atoms with Crippen molar-refractivity contribution in [3.63, 3.8) is 0 Å². The van der Waals surface area contributed by atoms with Gasteiger partial charge in [-0.05, 0) is 19.3 Å². The number of carboxylic acid groups (broad SMARTS) is 1. The number of amides is 1. The van der Waals surface area contributed by atoms with E-state index in [1.807, 2.05) is 0 Å². The summed E-state index contributed by atoms with van der Waals surface area (Å²) in [6.45, 7) is 1.45. The minimum atomic E-state index is -0.747. The second-order valence-electron chi connectivity index (χ2n) is 3.25. The first-order valence-corrected chi connectivity index (χ1v) is 4.09. The van der Waals surface area contributed by atoms with Crippen LogP contribution in [0.25, 0.3) is 0 Å². The van der Waals surface area contributed by atoms with Crippen LogP contribution in [0.3, 0.4) is 0 Å². The maximum Gasteiger partial charge on any atom is 0.306 e. The first-order valence-electron chi connectivity index (χ1n) is 4.09. The number of nitrogens with one attached hydrogen (secondary N) is 1. The summed E-state index contributed by atoms with van der Waals surface area (Å²) in [7, 11) is 0. The molecule has 0 aromatic carbocycles. The van der Waals surface area contributed by atoms with E-state index < -0.39 is 5.97 Å². The number of hydrogen-bond donors (Lipinski definition) is 2. The number of carbonyl (C=O) groups excluding carboxylic acids is 1. The van der Waals surface area contributed by atoms with Gasteiger partial charge in [-0.2, -0.15) is 0 Å². The number of rotatable bonds is 2. The second kappa shape index (κ2) is 3.56. The molecule has 0 aliphatic heterocycles. The zero-order valence-corrected chi connectivity index (χ0v) is 7.04. The second-order valence-corrected chi connectivity index (χ2v) is 3.25. The van der Waals surface area contributed by atoms with Crippen molar-refractivity contribution in [3.8, 4) is 0 Å². The van der Waals surface area contributed by atoms with Crippen LogP contribution in [-0.2, 0) is 9.59 Å². The van der Waals surface area contributed by atoms with E-state index in [-0.39, 0.29) is 17.9 Å². The third-order valence-corrected chi connectivity index (χ3v) is 2.19. The lowest BCUT2D eigenvalue weighted by Crippen LogP contribution is -2.31. The van der Waals surface area contributed by atoms with Crippen molar-refractivity contribution in [3.05, 3.63) is 0 Å². The largest absolute Gasteiger partial charge is 0.481 e. The standard InChI is InChI=1S/C8H13NO3/c1-5(10)9-7-3-2-6(4-7)8(11)12/h6-7H,2-4H2,1H3,(H,9,10)(H,11,12)/t6-,7+/m1/s1. The zero-order valence-electron chi connectivity index (χ0n) is 7.04. The lowest BCUT2D eigenvalue weighted by Gasteiger charge is -2.09. The Morgan fingerprint density at radius 2 is 2.08 bits per heavy atom. The maximum absolute atomic E-state index is 10.6. The van der Waals surface area contributed by atoms with E-state index in [4.69, 9.17) is 5.11 Å². The van der Waals surface area contributed by atoms with E-state index in [1.165, 1.54) is 6.92 Å². The number of carboxylic acids is 1. The smallest absolute Gasteiger partial charge is 0.306 e. The van der Waals surface area contributed by atoms with Gasteiger partial charge in [-0.1, -0.05) is 0 Å². The highest BCUT2D eigenvalue weighted by atomic mass is 16.4. The summed E-state index contributed by atoms with van der Waals surface area (Å²) in [5, 5.41) is 11.4. The van der Waals surface area contributed by atoms with Crippen LogP contribution in [0.15, 0.2) is 0 Å². The molecule has 68 valence electrons. The van der Waals surface area contributed by atoms with Gasteiger partial charge in [-0.3, -0.25) is 9.59 Å². The quantitative estimate of drug-likeness (QED) is 0.631. The summed E-state index contributed by atoms with van der Waals surface area (Å²) < 4.78 is 0. The summed E-state index contributed by atoms with van der Waals surface area (Å²) in [6.07, 6.45) is 2.05. The minimum Gasteiger partial charge on any atom is -0.481 e. The summed E-state index contributed by atoms with van der Waals surface area (Å²) in [4.78, 5) is 21.1. The van der Waals surface area contributed by atoms with Crippen LogP contribution in [0.4, 0.5) is 0 Å². The highest BCUT2D eigenvalue weighted by molar-refractivity contribution is 5.74. The van der Waals surface area contributed by atoms with Gasteiger partial charge < -0.3 is 10.4 Å². The molecule has 1 aliphatic carbocycles. The van der Waals surface area contributed by atoms with Gasteiger partial charge in [0.15, 0.2) is 0 Å². The van der Waals surface area contributed by atoms with Crippen LogP contribution < -0.4 is 5.32 Å². The van der Waals surface area contributed by atoms with E-state index in [2.05, 4.69) is 5.32 Å². The zero-order chi connectivity index (χ0) is 9.14. The van der Waals surface area contributed by atoms with Crippen LogP contribution >= 0.6 is 0 Å². The van der Waals surface area contributed by atoms with Gasteiger partial charge in [0, 0.05) is 13.0 Å². The van der Waals surface area contributed by atoms with Crippen LogP contribution in [0.2, 0.25) is 0 Å². The third kappa shape index (κ3) is 2.22. The Morgan fingerprint density at radius 1 is 1.42 bits per heavy atom. The molecule has 1 rings (SSSR count). The molecular formula is C8H13NO3. The lowest BCUT2D eigenvalue weighted by atomic mass is 10.1. The van der Waals surface area contributed by atoms with Gasteiger partial charge >= 0.3 is 5.97 Å². The molecule has 1 amide bonds. The van der Waals surface area contributed by atoms with Crippen molar-refractivity contribution in [2.75, 3.05) is 0 Å². The molecule has 4 heteroatoms.